The topological polar surface area (TPSA) is 40.6 Å². The maximum absolute atomic E-state index is 5.19. The minimum Gasteiger partial charge on any atom is -0.309 e. The molecule has 0 radical (unpaired) electrons. The van der Waals surface area contributed by atoms with Crippen LogP contribution in [0.25, 0.3) is 116 Å². The number of nitrogens with zero attached hydrogens (tertiary/aromatic N) is 5. The smallest absolute Gasteiger partial charge is 0.160 e. The van der Waals surface area contributed by atoms with Crippen LogP contribution in [0, 0.1) is 0 Å². The highest BCUT2D eigenvalue weighted by Crippen LogP contribution is 2.41. The van der Waals surface area contributed by atoms with E-state index in [1.165, 1.54) is 48.9 Å². The molecule has 0 saturated carbocycles. The van der Waals surface area contributed by atoms with Crippen molar-refractivity contribution in [2.24, 2.45) is 0 Å². The highest BCUT2D eigenvalue weighted by atomic mass is 15.0. The zero-order chi connectivity index (χ0) is 41.4. The fourth-order valence-electron chi connectivity index (χ4n) is 9.82. The monoisotopic (exact) mass is 803 g/mol. The number of fused-ring (bicyclic) bond motifs is 9. The second-order valence-corrected chi connectivity index (χ2v) is 16.2. The van der Waals surface area contributed by atoms with Crippen molar-refractivity contribution in [3.05, 3.63) is 224 Å². The Labute approximate surface area is 363 Å². The molecule has 13 rings (SSSR count). The Hall–Kier alpha value is -8.54. The van der Waals surface area contributed by atoms with Gasteiger partial charge in [-0.15, -0.1) is 0 Å². The van der Waals surface area contributed by atoms with Gasteiger partial charge >= 0.3 is 0 Å². The zero-order valence-electron chi connectivity index (χ0n) is 34.1. The van der Waals surface area contributed by atoms with E-state index in [9.17, 15) is 0 Å². The Morgan fingerprint density at radius 1 is 0.238 bits per heavy atom. The van der Waals surface area contributed by atoms with E-state index < -0.39 is 0 Å². The lowest BCUT2D eigenvalue weighted by Crippen LogP contribution is -1.98. The van der Waals surface area contributed by atoms with Gasteiger partial charge in [0.2, 0.25) is 0 Å². The summed E-state index contributed by atoms with van der Waals surface area (Å²) >= 11 is 0. The first-order chi connectivity index (χ1) is 31.2. The van der Waals surface area contributed by atoms with E-state index in [-0.39, 0.29) is 0 Å². The number of rotatable bonds is 6. The largest absolute Gasteiger partial charge is 0.309 e. The molecule has 0 atom stereocenters. The lowest BCUT2D eigenvalue weighted by Gasteiger charge is -2.13. The van der Waals surface area contributed by atoms with Crippen LogP contribution in [0.4, 0.5) is 0 Å². The second kappa shape index (κ2) is 14.0. The molecule has 13 aromatic rings. The molecule has 4 aromatic heterocycles. The van der Waals surface area contributed by atoms with Gasteiger partial charge in [-0.3, -0.25) is 0 Å². The standard InChI is InChI=1S/C58H37N5/c1-4-17-38(18-5-1)50-36-51(39-19-6-2-7-20-39)60-58(59-50)40-21-16-24-42(33-40)62-53-29-14-11-26-45(53)48-35-49-46-27-12-15-30-54(46)63(57(49)37-56(48)62)43-31-32-55-47(34-43)44-25-10-13-28-52(44)61(55)41-22-8-3-9-23-41/h1-37H. The molecular weight excluding hydrogens is 767 g/mol. The molecular formula is C58H37N5. The number of hydrogen-bond donors (Lipinski definition) is 0. The Balaban J connectivity index is 1.04. The van der Waals surface area contributed by atoms with Gasteiger partial charge in [-0.05, 0) is 78.9 Å². The van der Waals surface area contributed by atoms with Crippen molar-refractivity contribution in [3.63, 3.8) is 0 Å². The van der Waals surface area contributed by atoms with Gasteiger partial charge in [0.1, 0.15) is 0 Å². The summed E-state index contributed by atoms with van der Waals surface area (Å²) in [6.45, 7) is 0. The van der Waals surface area contributed by atoms with Crippen molar-refractivity contribution in [1.82, 2.24) is 23.7 Å². The number of para-hydroxylation sites is 4. The van der Waals surface area contributed by atoms with Crippen LogP contribution >= 0.6 is 0 Å². The lowest BCUT2D eigenvalue weighted by molar-refractivity contribution is 1.15. The van der Waals surface area contributed by atoms with Crippen molar-refractivity contribution in [2.75, 3.05) is 0 Å². The summed E-state index contributed by atoms with van der Waals surface area (Å²) in [5, 5.41) is 7.32. The van der Waals surface area contributed by atoms with Gasteiger partial charge in [0.05, 0.1) is 44.5 Å². The van der Waals surface area contributed by atoms with Gasteiger partial charge in [-0.25, -0.2) is 9.97 Å². The van der Waals surface area contributed by atoms with Crippen LogP contribution in [0.3, 0.4) is 0 Å². The molecule has 0 spiro atoms. The minimum atomic E-state index is 0.685. The molecule has 294 valence electrons. The van der Waals surface area contributed by atoms with Crippen molar-refractivity contribution in [3.8, 4) is 51.0 Å². The summed E-state index contributed by atoms with van der Waals surface area (Å²) in [4.78, 5) is 10.4. The van der Waals surface area contributed by atoms with Crippen LogP contribution in [0.1, 0.15) is 0 Å². The average Bonchev–Trinajstić information content (AvgIpc) is 3.99. The van der Waals surface area contributed by atoms with Crippen LogP contribution in [-0.4, -0.2) is 23.7 Å². The lowest BCUT2D eigenvalue weighted by atomic mass is 10.1. The molecule has 0 aliphatic rings. The van der Waals surface area contributed by atoms with E-state index >= 15 is 0 Å². The van der Waals surface area contributed by atoms with Crippen LogP contribution in [-0.2, 0) is 0 Å². The Morgan fingerprint density at radius 2 is 0.651 bits per heavy atom. The SMILES string of the molecule is c1ccc(-c2cc(-c3ccccc3)nc(-c3cccc(-n4c5ccccc5c5cc6c7ccccc7n(-c7ccc8c(c7)c7ccccc7n8-c7ccccc7)c6cc54)c3)n2)cc1. The van der Waals surface area contributed by atoms with Crippen molar-refractivity contribution in [2.45, 2.75) is 0 Å². The summed E-state index contributed by atoms with van der Waals surface area (Å²) in [6, 6.07) is 80.2. The molecule has 0 amide bonds. The molecule has 4 heterocycles. The molecule has 0 bridgehead atoms. The molecule has 0 aliphatic heterocycles. The fourth-order valence-corrected chi connectivity index (χ4v) is 9.82. The van der Waals surface area contributed by atoms with E-state index in [0.29, 0.717) is 5.82 Å². The van der Waals surface area contributed by atoms with Gasteiger partial charge in [0, 0.05) is 66.1 Å². The molecule has 0 unspecified atom stereocenters. The first kappa shape index (κ1) is 35.2. The van der Waals surface area contributed by atoms with E-state index in [4.69, 9.17) is 9.97 Å². The molecule has 9 aromatic carbocycles. The molecule has 63 heavy (non-hydrogen) atoms. The first-order valence-electron chi connectivity index (χ1n) is 21.4. The third kappa shape index (κ3) is 5.57. The summed E-state index contributed by atoms with van der Waals surface area (Å²) in [7, 11) is 0. The van der Waals surface area contributed by atoms with Gasteiger partial charge in [-0.2, -0.15) is 0 Å². The van der Waals surface area contributed by atoms with Crippen molar-refractivity contribution >= 4 is 65.4 Å². The molecule has 5 nitrogen and oxygen atoms in total. The summed E-state index contributed by atoms with van der Waals surface area (Å²) in [6.07, 6.45) is 0. The van der Waals surface area contributed by atoms with Crippen LogP contribution in [0.15, 0.2) is 224 Å². The predicted molar refractivity (Wildman–Crippen MR) is 261 cm³/mol. The van der Waals surface area contributed by atoms with Crippen LogP contribution < -0.4 is 0 Å². The number of hydrogen-bond acceptors (Lipinski definition) is 2. The minimum absolute atomic E-state index is 0.685. The van der Waals surface area contributed by atoms with E-state index in [2.05, 4.69) is 226 Å². The normalized spacial score (nSPS) is 11.8. The molecule has 0 fully saturated rings. The Kier molecular flexibility index (Phi) is 7.84. The Bertz CT molecular complexity index is 3840. The molecule has 0 N–H and O–H groups in total. The van der Waals surface area contributed by atoms with Gasteiger partial charge in [0.15, 0.2) is 5.82 Å². The van der Waals surface area contributed by atoms with Gasteiger partial charge in [0.25, 0.3) is 0 Å². The molecule has 0 saturated heterocycles. The van der Waals surface area contributed by atoms with Crippen LogP contribution in [0.5, 0.6) is 0 Å². The zero-order valence-corrected chi connectivity index (χ0v) is 34.1. The van der Waals surface area contributed by atoms with Gasteiger partial charge < -0.3 is 13.7 Å². The maximum Gasteiger partial charge on any atom is 0.160 e. The second-order valence-electron chi connectivity index (χ2n) is 16.2. The average molecular weight is 804 g/mol. The van der Waals surface area contributed by atoms with Gasteiger partial charge in [-0.1, -0.05) is 146 Å². The van der Waals surface area contributed by atoms with Crippen LogP contribution in [0.2, 0.25) is 0 Å². The third-order valence-corrected chi connectivity index (χ3v) is 12.6. The fraction of sp³-hybridized carbons (Fsp3) is 0. The van der Waals surface area contributed by atoms with Crippen molar-refractivity contribution < 1.29 is 0 Å². The quantitative estimate of drug-likeness (QED) is 0.168. The number of benzene rings is 9. The summed E-state index contributed by atoms with van der Waals surface area (Å²) in [5.74, 6) is 0.685. The van der Waals surface area contributed by atoms with E-state index in [1.54, 1.807) is 0 Å². The highest BCUT2D eigenvalue weighted by Gasteiger charge is 2.21. The van der Waals surface area contributed by atoms with Crippen molar-refractivity contribution in [1.29, 1.82) is 0 Å². The Morgan fingerprint density at radius 3 is 1.21 bits per heavy atom. The third-order valence-electron chi connectivity index (χ3n) is 12.6. The van der Waals surface area contributed by atoms with E-state index in [0.717, 1.165) is 61.7 Å². The maximum atomic E-state index is 5.19. The summed E-state index contributed by atoms with van der Waals surface area (Å²) < 4.78 is 7.23. The highest BCUT2D eigenvalue weighted by molar-refractivity contribution is 6.19. The molecule has 0 aliphatic carbocycles. The van der Waals surface area contributed by atoms with E-state index in [1.807, 2.05) is 12.1 Å². The summed E-state index contributed by atoms with van der Waals surface area (Å²) in [5.41, 5.74) is 15.1. The number of aromatic nitrogens is 5. The molecule has 5 heteroatoms. The predicted octanol–water partition coefficient (Wildman–Crippen LogP) is 14.8. The first-order valence-corrected chi connectivity index (χ1v) is 21.4.